The Bertz CT molecular complexity index is 876. The number of aromatic nitrogens is 1. The molecule has 3 rings (SSSR count). The summed E-state index contributed by atoms with van der Waals surface area (Å²) in [5.74, 6) is 0. The van der Waals surface area contributed by atoms with Gasteiger partial charge < -0.3 is 20.3 Å². The van der Waals surface area contributed by atoms with Crippen molar-refractivity contribution < 1.29 is 9.90 Å². The highest BCUT2D eigenvalue weighted by Gasteiger charge is 2.11. The van der Waals surface area contributed by atoms with Crippen LogP contribution in [0.5, 0.6) is 0 Å². The van der Waals surface area contributed by atoms with Gasteiger partial charge in [-0.3, -0.25) is 0 Å². The second kappa shape index (κ2) is 6.95. The predicted molar refractivity (Wildman–Crippen MR) is 96.4 cm³/mol. The molecule has 1 aromatic heterocycles. The summed E-state index contributed by atoms with van der Waals surface area (Å²) in [7, 11) is 1.97. The first-order chi connectivity index (χ1) is 11.5. The fourth-order valence-corrected chi connectivity index (χ4v) is 2.73. The van der Waals surface area contributed by atoms with E-state index in [9.17, 15) is 9.90 Å². The average Bonchev–Trinajstić information content (AvgIpc) is 2.95. The molecule has 0 spiro atoms. The van der Waals surface area contributed by atoms with E-state index in [1.165, 1.54) is 0 Å². The maximum Gasteiger partial charge on any atom is 0.319 e. The van der Waals surface area contributed by atoms with Crippen LogP contribution in [-0.4, -0.2) is 22.2 Å². The summed E-state index contributed by atoms with van der Waals surface area (Å²) in [5, 5.41) is 17.1. The Morgan fingerprint density at radius 2 is 2.04 bits per heavy atom. The highest BCUT2D eigenvalue weighted by Crippen LogP contribution is 2.22. The number of hydrogen-bond donors (Lipinski definition) is 3. The van der Waals surface area contributed by atoms with Gasteiger partial charge in [0, 0.05) is 25.3 Å². The Morgan fingerprint density at radius 3 is 2.83 bits per heavy atom. The third kappa shape index (κ3) is 3.53. The number of halogens is 1. The maximum absolute atomic E-state index is 11.9. The van der Waals surface area contributed by atoms with Gasteiger partial charge in [-0.15, -0.1) is 0 Å². The molecule has 6 heteroatoms. The van der Waals surface area contributed by atoms with Crippen molar-refractivity contribution in [1.82, 2.24) is 9.88 Å². The first-order valence-corrected chi connectivity index (χ1v) is 7.95. The summed E-state index contributed by atoms with van der Waals surface area (Å²) in [5.41, 5.74) is 2.37. The molecule has 0 saturated carbocycles. The molecular weight excluding hydrogens is 326 g/mol. The molecule has 2 aromatic carbocycles. The van der Waals surface area contributed by atoms with E-state index in [1.807, 2.05) is 42.1 Å². The molecule has 0 unspecified atom stereocenters. The molecule has 5 nitrogen and oxygen atoms in total. The van der Waals surface area contributed by atoms with Crippen LogP contribution in [0.1, 0.15) is 11.7 Å². The van der Waals surface area contributed by atoms with Crippen molar-refractivity contribution in [1.29, 1.82) is 0 Å². The van der Waals surface area contributed by atoms with E-state index in [0.717, 1.165) is 16.5 Å². The molecule has 0 aliphatic carbocycles. The first kappa shape index (κ1) is 16.4. The molecule has 24 heavy (non-hydrogen) atoms. The van der Waals surface area contributed by atoms with E-state index >= 15 is 0 Å². The molecule has 3 aromatic rings. The van der Waals surface area contributed by atoms with E-state index in [-0.39, 0.29) is 6.54 Å². The lowest BCUT2D eigenvalue weighted by atomic mass is 10.1. The number of urea groups is 1. The van der Waals surface area contributed by atoms with Crippen molar-refractivity contribution in [2.45, 2.75) is 6.10 Å². The second-order valence-electron chi connectivity index (χ2n) is 5.58. The Balaban J connectivity index is 1.60. The number of rotatable bonds is 4. The van der Waals surface area contributed by atoms with Crippen LogP contribution in [0, 0.1) is 0 Å². The molecular formula is C18H18ClN3O2. The number of hydrogen-bond acceptors (Lipinski definition) is 2. The SMILES string of the molecule is Cn1ccc2cc([C@@H](O)CNC(=O)Nc3ccccc3Cl)ccc21. The van der Waals surface area contributed by atoms with Crippen LogP contribution in [0.4, 0.5) is 10.5 Å². The average molecular weight is 344 g/mol. The monoisotopic (exact) mass is 343 g/mol. The Labute approximate surface area is 144 Å². The van der Waals surface area contributed by atoms with Gasteiger partial charge in [0.15, 0.2) is 0 Å². The Morgan fingerprint density at radius 1 is 1.25 bits per heavy atom. The van der Waals surface area contributed by atoms with Gasteiger partial charge >= 0.3 is 6.03 Å². The summed E-state index contributed by atoms with van der Waals surface area (Å²) >= 11 is 5.99. The van der Waals surface area contributed by atoms with Crippen LogP contribution in [0.15, 0.2) is 54.7 Å². The van der Waals surface area contributed by atoms with Crippen LogP contribution in [0.3, 0.4) is 0 Å². The van der Waals surface area contributed by atoms with Crippen molar-refractivity contribution in [2.24, 2.45) is 7.05 Å². The number of aliphatic hydroxyl groups excluding tert-OH is 1. The van der Waals surface area contributed by atoms with Crippen LogP contribution in [0.2, 0.25) is 5.02 Å². The molecule has 3 N–H and O–H groups in total. The van der Waals surface area contributed by atoms with Crippen molar-refractivity contribution >= 4 is 34.2 Å². The normalized spacial score (nSPS) is 12.1. The number of benzene rings is 2. The summed E-state index contributed by atoms with van der Waals surface area (Å²) in [6.07, 6.45) is 1.18. The zero-order valence-corrected chi connectivity index (χ0v) is 13.9. The van der Waals surface area contributed by atoms with Gasteiger partial charge in [-0.05, 0) is 41.3 Å². The zero-order chi connectivity index (χ0) is 17.1. The van der Waals surface area contributed by atoms with E-state index in [0.29, 0.717) is 10.7 Å². The van der Waals surface area contributed by atoms with Crippen LogP contribution >= 0.6 is 11.6 Å². The maximum atomic E-state index is 11.9. The third-order valence-corrected chi connectivity index (χ3v) is 4.20. The smallest absolute Gasteiger partial charge is 0.319 e. The minimum atomic E-state index is -0.786. The van der Waals surface area contributed by atoms with Gasteiger partial charge in [0.05, 0.1) is 16.8 Å². The number of anilines is 1. The van der Waals surface area contributed by atoms with Gasteiger partial charge in [0.1, 0.15) is 0 Å². The first-order valence-electron chi connectivity index (χ1n) is 7.57. The summed E-state index contributed by atoms with van der Waals surface area (Å²) in [6, 6.07) is 14.3. The van der Waals surface area contributed by atoms with Crippen LogP contribution < -0.4 is 10.6 Å². The minimum absolute atomic E-state index is 0.106. The predicted octanol–water partition coefficient (Wildman–Crippen LogP) is 3.69. The molecule has 2 amide bonds. The summed E-state index contributed by atoms with van der Waals surface area (Å²) in [6.45, 7) is 0.106. The fourth-order valence-electron chi connectivity index (χ4n) is 2.54. The van der Waals surface area contributed by atoms with Gasteiger partial charge in [-0.25, -0.2) is 4.79 Å². The third-order valence-electron chi connectivity index (χ3n) is 3.87. The van der Waals surface area contributed by atoms with Gasteiger partial charge in [-0.2, -0.15) is 0 Å². The fraction of sp³-hybridized carbons (Fsp3) is 0.167. The molecule has 0 saturated heterocycles. The number of para-hydroxylation sites is 1. The molecule has 0 aliphatic heterocycles. The van der Waals surface area contributed by atoms with E-state index < -0.39 is 12.1 Å². The largest absolute Gasteiger partial charge is 0.387 e. The summed E-state index contributed by atoms with van der Waals surface area (Å²) in [4.78, 5) is 11.9. The quantitative estimate of drug-likeness (QED) is 0.676. The van der Waals surface area contributed by atoms with Gasteiger partial charge in [0.2, 0.25) is 0 Å². The number of aliphatic hydroxyl groups is 1. The molecule has 1 heterocycles. The number of carbonyl (C=O) groups excluding carboxylic acids is 1. The highest BCUT2D eigenvalue weighted by atomic mass is 35.5. The lowest BCUT2D eigenvalue weighted by Gasteiger charge is -2.14. The van der Waals surface area contributed by atoms with Crippen LogP contribution in [-0.2, 0) is 7.05 Å². The van der Waals surface area contributed by atoms with Crippen molar-refractivity contribution in [3.05, 3.63) is 65.3 Å². The zero-order valence-electron chi connectivity index (χ0n) is 13.2. The Kier molecular flexibility index (Phi) is 4.74. The molecule has 1 atom stereocenters. The molecule has 0 radical (unpaired) electrons. The summed E-state index contributed by atoms with van der Waals surface area (Å²) < 4.78 is 2.01. The molecule has 124 valence electrons. The van der Waals surface area contributed by atoms with Gasteiger partial charge in [0.25, 0.3) is 0 Å². The van der Waals surface area contributed by atoms with Crippen molar-refractivity contribution in [2.75, 3.05) is 11.9 Å². The van der Waals surface area contributed by atoms with Gasteiger partial charge in [-0.1, -0.05) is 29.8 Å². The number of nitrogens with zero attached hydrogens (tertiary/aromatic N) is 1. The number of carbonyl (C=O) groups is 1. The number of nitrogens with one attached hydrogen (secondary N) is 2. The number of aryl methyl sites for hydroxylation is 1. The van der Waals surface area contributed by atoms with Crippen LogP contribution in [0.25, 0.3) is 10.9 Å². The molecule has 0 fully saturated rings. The minimum Gasteiger partial charge on any atom is -0.387 e. The van der Waals surface area contributed by atoms with Crippen molar-refractivity contribution in [3.8, 4) is 0 Å². The van der Waals surface area contributed by atoms with E-state index in [1.54, 1.807) is 24.3 Å². The Hall–Kier alpha value is -2.50. The second-order valence-corrected chi connectivity index (χ2v) is 5.98. The lowest BCUT2D eigenvalue weighted by molar-refractivity contribution is 0.175. The lowest BCUT2D eigenvalue weighted by Crippen LogP contribution is -2.32. The van der Waals surface area contributed by atoms with E-state index in [2.05, 4.69) is 10.6 Å². The highest BCUT2D eigenvalue weighted by molar-refractivity contribution is 6.33. The topological polar surface area (TPSA) is 66.3 Å². The molecule has 0 bridgehead atoms. The standard InChI is InChI=1S/C18H18ClN3O2/c1-22-9-8-12-10-13(6-7-16(12)22)17(23)11-20-18(24)21-15-5-3-2-4-14(15)19/h2-10,17,23H,11H2,1H3,(H2,20,21,24)/t17-/m0/s1. The van der Waals surface area contributed by atoms with Crippen molar-refractivity contribution in [3.63, 3.8) is 0 Å². The van der Waals surface area contributed by atoms with E-state index in [4.69, 9.17) is 11.6 Å². The number of amides is 2. The molecule has 0 aliphatic rings. The number of fused-ring (bicyclic) bond motifs is 1.